The fourth-order valence-electron chi connectivity index (χ4n) is 3.01. The second-order valence-electron chi connectivity index (χ2n) is 6.63. The molecule has 4 rings (SSSR count). The number of aryl methyl sites for hydroxylation is 1. The number of nitrogens with zero attached hydrogens (tertiary/aromatic N) is 2. The van der Waals surface area contributed by atoms with Gasteiger partial charge in [-0.3, -0.25) is 9.69 Å². The fourth-order valence-corrected chi connectivity index (χ4v) is 5.28. The van der Waals surface area contributed by atoms with Crippen LogP contribution in [0.2, 0.25) is 5.02 Å². The van der Waals surface area contributed by atoms with Crippen LogP contribution in [0.4, 0.5) is 10.8 Å². The predicted octanol–water partition coefficient (Wildman–Crippen LogP) is 6.36. The van der Waals surface area contributed by atoms with Gasteiger partial charge in [0.15, 0.2) is 5.13 Å². The van der Waals surface area contributed by atoms with Crippen LogP contribution in [-0.2, 0) is 16.1 Å². The number of hydrogen-bond acceptors (Lipinski definition) is 6. The quantitative estimate of drug-likeness (QED) is 0.328. The lowest BCUT2D eigenvalue weighted by Gasteiger charge is -2.18. The summed E-state index contributed by atoms with van der Waals surface area (Å²) in [6.45, 7) is 3.46. The average Bonchev–Trinajstić information content (AvgIpc) is 3.31. The Morgan fingerprint density at radius 2 is 1.97 bits per heavy atom. The lowest BCUT2D eigenvalue weighted by molar-refractivity contribution is -0.115. The number of ether oxygens (including phenoxy) is 1. The zero-order valence-corrected chi connectivity index (χ0v) is 18.6. The van der Waals surface area contributed by atoms with Crippen LogP contribution in [0.3, 0.4) is 0 Å². The molecule has 152 valence electrons. The van der Waals surface area contributed by atoms with Gasteiger partial charge >= 0.3 is 5.97 Å². The highest BCUT2D eigenvalue weighted by atomic mass is 35.5. The summed E-state index contributed by atoms with van der Waals surface area (Å²) >= 11 is 8.97. The molecular weight excluding hydrogens is 440 g/mol. The number of thiazole rings is 1. The molecule has 2 aromatic carbocycles. The maximum absolute atomic E-state index is 12.5. The maximum atomic E-state index is 12.5. The van der Waals surface area contributed by atoms with Gasteiger partial charge in [0.25, 0.3) is 0 Å². The maximum Gasteiger partial charge on any atom is 0.350 e. The van der Waals surface area contributed by atoms with E-state index in [0.29, 0.717) is 20.7 Å². The first-order valence-corrected chi connectivity index (χ1v) is 11.2. The normalized spacial score (nSPS) is 10.9. The lowest BCUT2D eigenvalue weighted by Crippen LogP contribution is -2.22. The second-order valence-corrected chi connectivity index (χ2v) is 8.90. The molecule has 0 spiro atoms. The first kappa shape index (κ1) is 20.5. The number of thiophene rings is 1. The molecule has 0 aliphatic carbocycles. The minimum Gasteiger partial charge on any atom is -0.455 e. The topological polar surface area (TPSA) is 59.5 Å². The zero-order valence-electron chi connectivity index (χ0n) is 16.2. The number of fused-ring (bicyclic) bond motifs is 1. The van der Waals surface area contributed by atoms with Crippen molar-refractivity contribution in [1.82, 2.24) is 4.98 Å². The van der Waals surface area contributed by atoms with E-state index in [2.05, 4.69) is 4.98 Å². The molecule has 0 aliphatic rings. The smallest absolute Gasteiger partial charge is 0.350 e. The van der Waals surface area contributed by atoms with E-state index < -0.39 is 5.97 Å². The van der Waals surface area contributed by atoms with Crippen molar-refractivity contribution in [2.45, 2.75) is 20.5 Å². The fraction of sp³-hybridized carbons (Fsp3) is 0.136. The molecule has 4 aromatic rings. The number of hydrogen-bond donors (Lipinski definition) is 0. The molecule has 30 heavy (non-hydrogen) atoms. The van der Waals surface area contributed by atoms with Crippen LogP contribution in [-0.4, -0.2) is 16.9 Å². The Bertz CT molecular complexity index is 1250. The number of amides is 1. The van der Waals surface area contributed by atoms with Crippen molar-refractivity contribution in [2.24, 2.45) is 0 Å². The zero-order chi connectivity index (χ0) is 21.3. The molecule has 8 heteroatoms. The van der Waals surface area contributed by atoms with Crippen molar-refractivity contribution in [3.05, 3.63) is 75.1 Å². The molecule has 1 amide bonds. The number of carbonyl (C=O) groups excluding carboxylic acids is 2. The van der Waals surface area contributed by atoms with Crippen LogP contribution in [0.15, 0.2) is 53.9 Å². The van der Waals surface area contributed by atoms with Gasteiger partial charge in [0.2, 0.25) is 5.91 Å². The van der Waals surface area contributed by atoms with Gasteiger partial charge < -0.3 is 4.74 Å². The minimum atomic E-state index is -0.488. The van der Waals surface area contributed by atoms with Gasteiger partial charge in [0.1, 0.15) is 11.5 Å². The molecule has 0 radical (unpaired) electrons. The number of anilines is 2. The highest BCUT2D eigenvalue weighted by Crippen LogP contribution is 2.36. The summed E-state index contributed by atoms with van der Waals surface area (Å²) in [5, 5.41) is 3.55. The van der Waals surface area contributed by atoms with Gasteiger partial charge in [0.05, 0.1) is 16.4 Å². The molecule has 0 bridgehead atoms. The van der Waals surface area contributed by atoms with Gasteiger partial charge in [-0.25, -0.2) is 9.78 Å². The summed E-state index contributed by atoms with van der Waals surface area (Å²) in [6, 6.07) is 15.2. The molecule has 2 aromatic heterocycles. The van der Waals surface area contributed by atoms with Gasteiger partial charge in [-0.1, -0.05) is 41.9 Å². The largest absolute Gasteiger partial charge is 0.455 e. The van der Waals surface area contributed by atoms with Crippen molar-refractivity contribution >= 4 is 67.1 Å². The third kappa shape index (κ3) is 4.09. The van der Waals surface area contributed by atoms with Crippen LogP contribution in [0.5, 0.6) is 0 Å². The SMILES string of the molecule is CC(=O)N(c1cccc(C)c1)c1nc(COC(=O)c2sc3ccccc3c2Cl)cs1. The number of esters is 1. The van der Waals surface area contributed by atoms with Crippen molar-refractivity contribution in [1.29, 1.82) is 0 Å². The summed E-state index contributed by atoms with van der Waals surface area (Å²) in [5.41, 5.74) is 2.36. The Morgan fingerprint density at radius 1 is 1.17 bits per heavy atom. The van der Waals surface area contributed by atoms with E-state index >= 15 is 0 Å². The summed E-state index contributed by atoms with van der Waals surface area (Å²) in [6.07, 6.45) is 0. The summed E-state index contributed by atoms with van der Waals surface area (Å²) in [5.74, 6) is -0.631. The van der Waals surface area contributed by atoms with Gasteiger partial charge in [-0.2, -0.15) is 0 Å². The Hall–Kier alpha value is -2.74. The molecule has 2 heterocycles. The highest BCUT2D eigenvalue weighted by molar-refractivity contribution is 7.21. The van der Waals surface area contributed by atoms with Crippen LogP contribution >= 0.6 is 34.3 Å². The molecule has 0 atom stereocenters. The number of benzene rings is 2. The third-order valence-corrected chi connectivity index (χ3v) is 6.91. The average molecular weight is 457 g/mol. The van der Waals surface area contributed by atoms with Gasteiger partial charge in [-0.05, 0) is 30.7 Å². The van der Waals surface area contributed by atoms with Crippen molar-refractivity contribution in [2.75, 3.05) is 4.90 Å². The standard InChI is InChI=1S/C22H17ClN2O3S2/c1-13-6-5-7-16(10-13)25(14(2)26)22-24-15(12-29-22)11-28-21(27)20-19(23)17-8-3-4-9-18(17)30-20/h3-10,12H,11H2,1-2H3. The molecule has 5 nitrogen and oxygen atoms in total. The van der Waals surface area contributed by atoms with E-state index in [-0.39, 0.29) is 12.5 Å². The highest BCUT2D eigenvalue weighted by Gasteiger charge is 2.21. The van der Waals surface area contributed by atoms with Crippen LogP contribution in [0.25, 0.3) is 10.1 Å². The van der Waals surface area contributed by atoms with E-state index in [1.54, 1.807) is 10.3 Å². The molecule has 0 aliphatic heterocycles. The summed E-state index contributed by atoms with van der Waals surface area (Å²) < 4.78 is 6.36. The molecule has 0 saturated heterocycles. The lowest BCUT2D eigenvalue weighted by atomic mass is 10.2. The van der Waals surface area contributed by atoms with Crippen molar-refractivity contribution < 1.29 is 14.3 Å². The van der Waals surface area contributed by atoms with E-state index in [4.69, 9.17) is 16.3 Å². The Morgan fingerprint density at radius 3 is 2.70 bits per heavy atom. The summed E-state index contributed by atoms with van der Waals surface area (Å²) in [7, 11) is 0. The molecule has 0 N–H and O–H groups in total. The summed E-state index contributed by atoms with van der Waals surface area (Å²) in [4.78, 5) is 31.2. The van der Waals surface area contributed by atoms with E-state index in [0.717, 1.165) is 21.3 Å². The van der Waals surface area contributed by atoms with Gasteiger partial charge in [-0.15, -0.1) is 22.7 Å². The molecule has 0 saturated carbocycles. The van der Waals surface area contributed by atoms with Gasteiger partial charge in [0, 0.05) is 22.4 Å². The van der Waals surface area contributed by atoms with E-state index in [1.165, 1.54) is 29.6 Å². The van der Waals surface area contributed by atoms with Crippen LogP contribution in [0.1, 0.15) is 27.9 Å². The molecular formula is C22H17ClN2O3S2. The number of carbonyl (C=O) groups is 2. The number of aromatic nitrogens is 1. The van der Waals surface area contributed by atoms with E-state index in [1.807, 2.05) is 55.5 Å². The Labute approximate surface area is 186 Å². The van der Waals surface area contributed by atoms with Crippen LogP contribution < -0.4 is 4.90 Å². The first-order valence-electron chi connectivity index (χ1n) is 9.10. The molecule has 0 unspecified atom stereocenters. The number of rotatable bonds is 5. The first-order chi connectivity index (χ1) is 14.4. The third-order valence-electron chi connectivity index (χ3n) is 4.38. The van der Waals surface area contributed by atoms with E-state index in [9.17, 15) is 9.59 Å². The van der Waals surface area contributed by atoms with Crippen molar-refractivity contribution in [3.63, 3.8) is 0 Å². The monoisotopic (exact) mass is 456 g/mol. The number of halogens is 1. The predicted molar refractivity (Wildman–Crippen MR) is 122 cm³/mol. The van der Waals surface area contributed by atoms with Crippen molar-refractivity contribution in [3.8, 4) is 0 Å². The van der Waals surface area contributed by atoms with Crippen LogP contribution in [0, 0.1) is 6.92 Å². The Kier molecular flexibility index (Phi) is 5.85. The minimum absolute atomic E-state index is 0.000526. The molecule has 0 fully saturated rings. The Balaban J connectivity index is 1.50. The second kappa shape index (κ2) is 8.55.